The van der Waals surface area contributed by atoms with Crippen molar-refractivity contribution >= 4 is 15.9 Å². The molecule has 0 radical (unpaired) electrons. The Balaban J connectivity index is 2.85. The van der Waals surface area contributed by atoms with Gasteiger partial charge in [-0.15, -0.1) is 0 Å². The third-order valence-electron chi connectivity index (χ3n) is 2.09. The smallest absolute Gasteiger partial charge is 0.164 e. The van der Waals surface area contributed by atoms with E-state index in [1.165, 1.54) is 0 Å². The molecular weight excluding hydrogens is 236 g/mol. The number of aliphatic hydroxyl groups excluding tert-OH is 1. The third kappa shape index (κ3) is 2.31. The highest BCUT2D eigenvalue weighted by atomic mass is 79.9. The molecule has 1 N–H and O–H groups in total. The van der Waals surface area contributed by atoms with Crippen LogP contribution >= 0.6 is 15.9 Å². The van der Waals surface area contributed by atoms with Gasteiger partial charge in [-0.05, 0) is 31.8 Å². The van der Waals surface area contributed by atoms with Crippen LogP contribution in [0.5, 0.6) is 0 Å². The molecule has 1 heterocycles. The number of rotatable bonds is 2. The minimum atomic E-state index is -0.630. The van der Waals surface area contributed by atoms with Crippen molar-refractivity contribution in [3.63, 3.8) is 0 Å². The number of ether oxygens (including phenoxy) is 2. The molecule has 1 aliphatic rings. The molecule has 0 bridgehead atoms. The van der Waals surface area contributed by atoms with Crippen molar-refractivity contribution in [3.8, 4) is 0 Å². The molecule has 4 heteroatoms. The van der Waals surface area contributed by atoms with Gasteiger partial charge in [-0.3, -0.25) is 0 Å². The van der Waals surface area contributed by atoms with E-state index < -0.39 is 11.4 Å². The van der Waals surface area contributed by atoms with Crippen LogP contribution in [0.1, 0.15) is 20.8 Å². The molecule has 3 nitrogen and oxygen atoms in total. The predicted molar refractivity (Wildman–Crippen MR) is 53.6 cm³/mol. The summed E-state index contributed by atoms with van der Waals surface area (Å²) in [4.78, 5) is 1.72. The van der Waals surface area contributed by atoms with Crippen LogP contribution in [0.15, 0.2) is 11.1 Å². The summed E-state index contributed by atoms with van der Waals surface area (Å²) < 4.78 is 11.2. The molecule has 2 atom stereocenters. The van der Waals surface area contributed by atoms with Crippen LogP contribution in [0.4, 0.5) is 0 Å². The number of hydrogen-bond donors (Lipinski definition) is 1. The molecular formula is C9H15BrO3. The molecule has 0 saturated carbocycles. The molecule has 0 aromatic carbocycles. The maximum atomic E-state index is 9.11. The van der Waals surface area contributed by atoms with Crippen molar-refractivity contribution in [2.24, 2.45) is 0 Å². The number of aliphatic hydroxyl groups is 1. The fourth-order valence-corrected chi connectivity index (χ4v) is 2.09. The molecule has 13 heavy (non-hydrogen) atoms. The van der Waals surface area contributed by atoms with Crippen LogP contribution < -0.4 is 0 Å². The van der Waals surface area contributed by atoms with E-state index in [2.05, 4.69) is 15.9 Å². The highest BCUT2D eigenvalue weighted by molar-refractivity contribution is 9.11. The Hall–Kier alpha value is 0.1000. The average Bonchev–Trinajstić information content (AvgIpc) is 2.21. The quantitative estimate of drug-likeness (QED) is 0.813. The molecule has 76 valence electrons. The number of halogens is 1. The van der Waals surface area contributed by atoms with Crippen molar-refractivity contribution in [1.29, 1.82) is 0 Å². The van der Waals surface area contributed by atoms with Crippen LogP contribution in [-0.4, -0.2) is 29.2 Å². The van der Waals surface area contributed by atoms with Crippen molar-refractivity contribution in [1.82, 2.24) is 0 Å². The lowest BCUT2D eigenvalue weighted by molar-refractivity contribution is -0.155. The lowest BCUT2D eigenvalue weighted by atomic mass is 10.0. The monoisotopic (exact) mass is 250 g/mol. The van der Waals surface area contributed by atoms with E-state index in [1.54, 1.807) is 4.99 Å². The second kappa shape index (κ2) is 3.69. The van der Waals surface area contributed by atoms with E-state index in [4.69, 9.17) is 14.6 Å². The zero-order valence-electron chi connectivity index (χ0n) is 8.08. The summed E-state index contributed by atoms with van der Waals surface area (Å²) in [6.07, 6.45) is 1.53. The van der Waals surface area contributed by atoms with E-state index in [-0.39, 0.29) is 12.7 Å². The molecule has 1 fully saturated rings. The Morgan fingerprint density at radius 2 is 2.08 bits per heavy atom. The van der Waals surface area contributed by atoms with Crippen LogP contribution in [0, 0.1) is 0 Å². The van der Waals surface area contributed by atoms with E-state index in [1.807, 2.05) is 26.8 Å². The largest absolute Gasteiger partial charge is 0.394 e. The predicted octanol–water partition coefficient (Wildman–Crippen LogP) is 1.80. The summed E-state index contributed by atoms with van der Waals surface area (Å²) in [6.45, 7) is 5.52. The van der Waals surface area contributed by atoms with E-state index in [0.29, 0.717) is 0 Å². The van der Waals surface area contributed by atoms with Gasteiger partial charge < -0.3 is 14.6 Å². The van der Waals surface area contributed by atoms with Crippen molar-refractivity contribution in [2.45, 2.75) is 38.3 Å². The topological polar surface area (TPSA) is 38.7 Å². The second-order valence-electron chi connectivity index (χ2n) is 3.77. The molecule has 0 aromatic heterocycles. The number of hydrogen-bond acceptors (Lipinski definition) is 3. The van der Waals surface area contributed by atoms with E-state index in [9.17, 15) is 0 Å². The summed E-state index contributed by atoms with van der Waals surface area (Å²) in [7, 11) is 0. The molecule has 1 saturated heterocycles. The molecule has 0 amide bonds. The fraction of sp³-hybridized carbons (Fsp3) is 0.778. The molecule has 2 unspecified atom stereocenters. The average molecular weight is 251 g/mol. The highest BCUT2D eigenvalue weighted by Crippen LogP contribution is 2.37. The minimum Gasteiger partial charge on any atom is -0.394 e. The van der Waals surface area contributed by atoms with Gasteiger partial charge in [-0.1, -0.05) is 15.9 Å². The van der Waals surface area contributed by atoms with Crippen LogP contribution in [0.3, 0.4) is 0 Å². The van der Waals surface area contributed by atoms with Crippen molar-refractivity contribution in [3.05, 3.63) is 11.1 Å². The Labute approximate surface area is 86.9 Å². The first-order valence-electron chi connectivity index (χ1n) is 4.20. The Morgan fingerprint density at radius 3 is 2.54 bits per heavy atom. The van der Waals surface area contributed by atoms with Crippen molar-refractivity contribution < 1.29 is 14.6 Å². The van der Waals surface area contributed by atoms with Crippen LogP contribution in [0.2, 0.25) is 0 Å². The van der Waals surface area contributed by atoms with Crippen LogP contribution in [0.25, 0.3) is 0 Å². The minimum absolute atomic E-state index is 0.0444. The first kappa shape index (κ1) is 11.2. The van der Waals surface area contributed by atoms with Gasteiger partial charge in [0.25, 0.3) is 0 Å². The summed E-state index contributed by atoms with van der Waals surface area (Å²) in [5, 5.41) is 9.11. The van der Waals surface area contributed by atoms with Gasteiger partial charge in [-0.2, -0.15) is 0 Å². The van der Waals surface area contributed by atoms with E-state index in [0.717, 1.165) is 0 Å². The van der Waals surface area contributed by atoms with Gasteiger partial charge in [-0.25, -0.2) is 0 Å². The van der Waals surface area contributed by atoms with Gasteiger partial charge in [0.2, 0.25) is 0 Å². The standard InChI is InChI=1S/C9H15BrO3/c1-8(2)12-7(6-11)9(3,13-8)4-5-10/h4-5,7,11H,6H2,1-3H3/b5-4+. The van der Waals surface area contributed by atoms with Gasteiger partial charge >= 0.3 is 0 Å². The molecule has 0 aromatic rings. The van der Waals surface area contributed by atoms with Gasteiger partial charge in [0, 0.05) is 0 Å². The first-order chi connectivity index (χ1) is 5.93. The Morgan fingerprint density at radius 1 is 1.46 bits per heavy atom. The van der Waals surface area contributed by atoms with Gasteiger partial charge in [0.1, 0.15) is 11.7 Å². The maximum Gasteiger partial charge on any atom is 0.164 e. The second-order valence-corrected chi connectivity index (χ2v) is 4.30. The highest BCUT2D eigenvalue weighted by Gasteiger charge is 2.48. The van der Waals surface area contributed by atoms with Crippen LogP contribution in [-0.2, 0) is 9.47 Å². The van der Waals surface area contributed by atoms with Gasteiger partial charge in [0.15, 0.2) is 5.79 Å². The Kier molecular flexibility index (Phi) is 3.17. The SMILES string of the molecule is CC1(C)OC(CO)C(C)(/C=C/Br)O1. The molecule has 1 rings (SSSR count). The lowest BCUT2D eigenvalue weighted by Crippen LogP contribution is -2.36. The third-order valence-corrected chi connectivity index (χ3v) is 2.36. The summed E-state index contributed by atoms with van der Waals surface area (Å²) in [5.74, 6) is -0.630. The van der Waals surface area contributed by atoms with Gasteiger partial charge in [0.05, 0.1) is 6.61 Å². The summed E-state index contributed by atoms with van der Waals surface area (Å²) in [6, 6.07) is 0. The van der Waals surface area contributed by atoms with E-state index >= 15 is 0 Å². The summed E-state index contributed by atoms with van der Waals surface area (Å²) in [5.41, 5.74) is -0.554. The maximum absolute atomic E-state index is 9.11. The fourth-order valence-electron chi connectivity index (χ4n) is 1.56. The lowest BCUT2D eigenvalue weighted by Gasteiger charge is -2.23. The zero-order valence-corrected chi connectivity index (χ0v) is 9.67. The molecule has 1 aliphatic heterocycles. The molecule has 0 spiro atoms. The zero-order chi connectivity index (χ0) is 10.1. The molecule has 0 aliphatic carbocycles. The summed E-state index contributed by atoms with van der Waals surface area (Å²) >= 11 is 3.19. The Bertz CT molecular complexity index is 215. The van der Waals surface area contributed by atoms with Crippen molar-refractivity contribution in [2.75, 3.05) is 6.61 Å². The normalized spacial score (nSPS) is 38.7. The first-order valence-corrected chi connectivity index (χ1v) is 5.12.